The number of ether oxygens (including phenoxy) is 1. The standard InChI is InChI=1S/C22H33N3O3/c1-3-12-23-22(27)18-10-13-25(14-11-18)15-20(26)24-21(16-4-5-16)17-6-8-19(28-2)9-7-17/h6-9,16,18,21H,3-5,10-15H2,1-2H3,(H,23,27)(H,24,26). The van der Waals surface area contributed by atoms with Gasteiger partial charge in [0, 0.05) is 12.5 Å². The Bertz CT molecular complexity index is 649. The second-order valence-corrected chi connectivity index (χ2v) is 8.00. The van der Waals surface area contributed by atoms with Crippen LogP contribution in [0.3, 0.4) is 0 Å². The molecule has 6 heteroatoms. The van der Waals surface area contributed by atoms with Crippen molar-refractivity contribution in [2.24, 2.45) is 11.8 Å². The van der Waals surface area contributed by atoms with Crippen LogP contribution in [0.2, 0.25) is 0 Å². The number of piperidine rings is 1. The molecule has 2 amide bonds. The molecule has 1 unspecified atom stereocenters. The van der Waals surface area contributed by atoms with E-state index in [9.17, 15) is 9.59 Å². The zero-order valence-electron chi connectivity index (χ0n) is 17.1. The predicted molar refractivity (Wildman–Crippen MR) is 109 cm³/mol. The van der Waals surface area contributed by atoms with Crippen LogP contribution in [-0.2, 0) is 9.59 Å². The van der Waals surface area contributed by atoms with E-state index >= 15 is 0 Å². The Morgan fingerprint density at radius 2 is 1.82 bits per heavy atom. The average molecular weight is 388 g/mol. The van der Waals surface area contributed by atoms with E-state index < -0.39 is 0 Å². The van der Waals surface area contributed by atoms with E-state index in [4.69, 9.17) is 4.74 Å². The van der Waals surface area contributed by atoms with Gasteiger partial charge in [-0.1, -0.05) is 19.1 Å². The lowest BCUT2D eigenvalue weighted by atomic mass is 9.96. The Morgan fingerprint density at radius 1 is 1.14 bits per heavy atom. The summed E-state index contributed by atoms with van der Waals surface area (Å²) in [6, 6.07) is 8.07. The van der Waals surface area contributed by atoms with Crippen LogP contribution in [0.4, 0.5) is 0 Å². The van der Waals surface area contributed by atoms with Crippen molar-refractivity contribution >= 4 is 11.8 Å². The number of hydrogen-bond acceptors (Lipinski definition) is 4. The fraction of sp³-hybridized carbons (Fsp3) is 0.636. The number of nitrogens with one attached hydrogen (secondary N) is 2. The highest BCUT2D eigenvalue weighted by Gasteiger charge is 2.34. The number of amides is 2. The van der Waals surface area contributed by atoms with E-state index in [1.807, 2.05) is 24.3 Å². The molecule has 2 aliphatic rings. The smallest absolute Gasteiger partial charge is 0.234 e. The first kappa shape index (κ1) is 20.6. The van der Waals surface area contributed by atoms with Gasteiger partial charge in [-0.2, -0.15) is 0 Å². The van der Waals surface area contributed by atoms with Crippen LogP contribution in [-0.4, -0.2) is 50.0 Å². The predicted octanol–water partition coefficient (Wildman–Crippen LogP) is 2.50. The third-order valence-electron chi connectivity index (χ3n) is 5.76. The molecule has 1 atom stereocenters. The minimum Gasteiger partial charge on any atom is -0.497 e. The molecule has 6 nitrogen and oxygen atoms in total. The summed E-state index contributed by atoms with van der Waals surface area (Å²) in [7, 11) is 1.66. The molecule has 154 valence electrons. The van der Waals surface area contributed by atoms with Crippen molar-refractivity contribution < 1.29 is 14.3 Å². The van der Waals surface area contributed by atoms with E-state index in [2.05, 4.69) is 22.5 Å². The molecule has 1 aromatic carbocycles. The summed E-state index contributed by atoms with van der Waals surface area (Å²) >= 11 is 0. The van der Waals surface area contributed by atoms with E-state index in [0.29, 0.717) is 12.5 Å². The van der Waals surface area contributed by atoms with Crippen LogP contribution < -0.4 is 15.4 Å². The largest absolute Gasteiger partial charge is 0.497 e. The molecule has 0 bridgehead atoms. The van der Waals surface area contributed by atoms with Gasteiger partial charge >= 0.3 is 0 Å². The zero-order chi connectivity index (χ0) is 19.9. The topological polar surface area (TPSA) is 70.7 Å². The maximum absolute atomic E-state index is 12.7. The fourth-order valence-electron chi connectivity index (χ4n) is 3.88. The second kappa shape index (κ2) is 9.92. The van der Waals surface area contributed by atoms with Crippen LogP contribution in [0.25, 0.3) is 0 Å². The first-order valence-corrected chi connectivity index (χ1v) is 10.5. The first-order valence-electron chi connectivity index (χ1n) is 10.5. The molecule has 28 heavy (non-hydrogen) atoms. The fourth-order valence-corrected chi connectivity index (χ4v) is 3.88. The van der Waals surface area contributed by atoms with Gasteiger partial charge in [0.1, 0.15) is 5.75 Å². The quantitative estimate of drug-likeness (QED) is 0.683. The lowest BCUT2D eigenvalue weighted by Gasteiger charge is -2.31. The van der Waals surface area contributed by atoms with Gasteiger partial charge in [-0.3, -0.25) is 14.5 Å². The Kier molecular flexibility index (Phi) is 7.31. The van der Waals surface area contributed by atoms with Crippen molar-refractivity contribution in [1.29, 1.82) is 0 Å². The molecule has 3 rings (SSSR count). The van der Waals surface area contributed by atoms with Crippen LogP contribution in [0.1, 0.15) is 50.6 Å². The third-order valence-corrected chi connectivity index (χ3v) is 5.76. The number of hydrogen-bond donors (Lipinski definition) is 2. The number of benzene rings is 1. The molecule has 1 heterocycles. The van der Waals surface area contributed by atoms with Crippen LogP contribution in [0, 0.1) is 11.8 Å². The average Bonchev–Trinajstić information content (AvgIpc) is 3.56. The molecule has 1 aliphatic carbocycles. The van der Waals surface area contributed by atoms with E-state index in [1.54, 1.807) is 7.11 Å². The minimum absolute atomic E-state index is 0.0709. The SMILES string of the molecule is CCCNC(=O)C1CCN(CC(=O)NC(c2ccc(OC)cc2)C2CC2)CC1. The molecule has 0 radical (unpaired) electrons. The van der Waals surface area contributed by atoms with E-state index in [-0.39, 0.29) is 23.8 Å². The van der Waals surface area contributed by atoms with Gasteiger partial charge in [-0.25, -0.2) is 0 Å². The molecule has 1 aromatic rings. The van der Waals surface area contributed by atoms with Crippen molar-refractivity contribution in [2.75, 3.05) is 33.3 Å². The second-order valence-electron chi connectivity index (χ2n) is 8.00. The summed E-state index contributed by atoms with van der Waals surface area (Å²) in [6.45, 7) is 4.81. The Hall–Kier alpha value is -2.08. The maximum Gasteiger partial charge on any atom is 0.234 e. The highest BCUT2D eigenvalue weighted by Crippen LogP contribution is 2.41. The minimum atomic E-state index is 0.0709. The van der Waals surface area contributed by atoms with Gasteiger partial charge in [-0.15, -0.1) is 0 Å². The lowest BCUT2D eigenvalue weighted by Crippen LogP contribution is -2.45. The molecular formula is C22H33N3O3. The van der Waals surface area contributed by atoms with Gasteiger partial charge in [0.2, 0.25) is 11.8 Å². The van der Waals surface area contributed by atoms with E-state index in [0.717, 1.165) is 63.1 Å². The Labute approximate surface area is 168 Å². The molecule has 0 spiro atoms. The van der Waals surface area contributed by atoms with Crippen LogP contribution >= 0.6 is 0 Å². The summed E-state index contributed by atoms with van der Waals surface area (Å²) in [5.41, 5.74) is 1.14. The van der Waals surface area contributed by atoms with Gasteiger partial charge < -0.3 is 15.4 Å². The van der Waals surface area contributed by atoms with Gasteiger partial charge in [0.05, 0.1) is 19.7 Å². The summed E-state index contributed by atoms with van der Waals surface area (Å²) in [6.07, 6.45) is 4.94. The van der Waals surface area contributed by atoms with E-state index in [1.165, 1.54) is 0 Å². The third kappa shape index (κ3) is 5.71. The summed E-state index contributed by atoms with van der Waals surface area (Å²) in [5.74, 6) is 1.69. The summed E-state index contributed by atoms with van der Waals surface area (Å²) in [5, 5.41) is 6.22. The van der Waals surface area contributed by atoms with Crippen molar-refractivity contribution in [1.82, 2.24) is 15.5 Å². The normalized spacial score (nSPS) is 19.1. The zero-order valence-corrected chi connectivity index (χ0v) is 17.1. The van der Waals surface area contributed by atoms with Crippen LogP contribution in [0.15, 0.2) is 24.3 Å². The highest BCUT2D eigenvalue weighted by atomic mass is 16.5. The lowest BCUT2D eigenvalue weighted by molar-refractivity contribution is -0.127. The van der Waals surface area contributed by atoms with Gasteiger partial charge in [0.15, 0.2) is 0 Å². The first-order chi connectivity index (χ1) is 13.6. The maximum atomic E-state index is 12.7. The van der Waals surface area contributed by atoms with Crippen molar-refractivity contribution in [3.05, 3.63) is 29.8 Å². The highest BCUT2D eigenvalue weighted by molar-refractivity contribution is 5.79. The Morgan fingerprint density at radius 3 is 2.39 bits per heavy atom. The summed E-state index contributed by atoms with van der Waals surface area (Å²) < 4.78 is 5.23. The van der Waals surface area contributed by atoms with Crippen molar-refractivity contribution in [2.45, 2.75) is 45.1 Å². The molecule has 2 fully saturated rings. The number of likely N-dealkylation sites (tertiary alicyclic amines) is 1. The summed E-state index contributed by atoms with van der Waals surface area (Å²) in [4.78, 5) is 26.9. The number of methoxy groups -OCH3 is 1. The molecule has 2 N–H and O–H groups in total. The molecule has 1 aliphatic heterocycles. The van der Waals surface area contributed by atoms with Crippen molar-refractivity contribution in [3.63, 3.8) is 0 Å². The Balaban J connectivity index is 1.47. The van der Waals surface area contributed by atoms with Crippen molar-refractivity contribution in [3.8, 4) is 5.75 Å². The molecule has 1 saturated carbocycles. The monoisotopic (exact) mass is 387 g/mol. The molecule has 1 saturated heterocycles. The number of carbonyl (C=O) groups is 2. The number of carbonyl (C=O) groups excluding carboxylic acids is 2. The number of nitrogens with zero attached hydrogens (tertiary/aromatic N) is 1. The molecular weight excluding hydrogens is 354 g/mol. The van der Waals surface area contributed by atoms with Crippen LogP contribution in [0.5, 0.6) is 5.75 Å². The molecule has 0 aromatic heterocycles. The van der Waals surface area contributed by atoms with Gasteiger partial charge in [0.25, 0.3) is 0 Å². The number of rotatable bonds is 9. The van der Waals surface area contributed by atoms with Gasteiger partial charge in [-0.05, 0) is 68.8 Å².